The molecule has 0 spiro atoms. The summed E-state index contributed by atoms with van der Waals surface area (Å²) < 4.78 is 4.38. The second-order valence-electron chi connectivity index (χ2n) is 5.46. The van der Waals surface area contributed by atoms with Gasteiger partial charge in [-0.2, -0.15) is 4.37 Å². The summed E-state index contributed by atoms with van der Waals surface area (Å²) >= 11 is 1.35. The molecule has 106 valence electrons. The van der Waals surface area contributed by atoms with Crippen LogP contribution in [0.2, 0.25) is 0 Å². The highest BCUT2D eigenvalue weighted by atomic mass is 32.1. The third kappa shape index (κ3) is 2.38. The van der Waals surface area contributed by atoms with E-state index < -0.39 is 11.5 Å². The maximum atomic E-state index is 11.8. The number of nitrogens with one attached hydrogen (secondary N) is 1. The molecule has 2 aromatic rings. The summed E-state index contributed by atoms with van der Waals surface area (Å²) in [5.41, 5.74) is 0.0976. The Morgan fingerprint density at radius 2 is 1.90 bits per heavy atom. The number of carboxylic acids is 1. The average Bonchev–Trinajstić information content (AvgIpc) is 2.69. The monoisotopic (exact) mass is 290 g/mol. The van der Waals surface area contributed by atoms with Crippen LogP contribution in [0, 0.1) is 0 Å². The number of aromatic nitrogens is 1. The molecule has 1 fully saturated rings. The second kappa shape index (κ2) is 5.40. The molecule has 20 heavy (non-hydrogen) atoms. The molecule has 0 aliphatic heterocycles. The Bertz CT molecular complexity index is 615. The normalized spacial score (nSPS) is 18.6. The first-order valence-electron chi connectivity index (χ1n) is 7.07. The molecule has 0 saturated heterocycles. The lowest BCUT2D eigenvalue weighted by atomic mass is 9.90. The average molecular weight is 290 g/mol. The molecular weight excluding hydrogens is 272 g/mol. The SMILES string of the molecule is O=C(O)C1(Nc2snc3ccccc23)CCCCCC1. The number of hydrogen-bond acceptors (Lipinski definition) is 4. The number of fused-ring (bicyclic) bond motifs is 1. The minimum absolute atomic E-state index is 0.689. The third-order valence-electron chi connectivity index (χ3n) is 4.10. The first kappa shape index (κ1) is 13.4. The third-order valence-corrected chi connectivity index (χ3v) is 4.90. The van der Waals surface area contributed by atoms with E-state index in [0.717, 1.165) is 41.6 Å². The Kier molecular flexibility index (Phi) is 3.61. The molecule has 5 heteroatoms. The Balaban J connectivity index is 1.95. The molecule has 1 heterocycles. The van der Waals surface area contributed by atoms with Gasteiger partial charge in [-0.05, 0) is 36.5 Å². The summed E-state index contributed by atoms with van der Waals surface area (Å²) in [7, 11) is 0. The number of aliphatic carboxylic acids is 1. The lowest BCUT2D eigenvalue weighted by Gasteiger charge is -2.29. The van der Waals surface area contributed by atoms with Gasteiger partial charge in [-0.1, -0.05) is 37.8 Å². The zero-order valence-electron chi connectivity index (χ0n) is 11.3. The van der Waals surface area contributed by atoms with Gasteiger partial charge in [0.1, 0.15) is 10.5 Å². The Morgan fingerprint density at radius 3 is 2.60 bits per heavy atom. The van der Waals surface area contributed by atoms with Gasteiger partial charge in [0.25, 0.3) is 0 Å². The Labute approximate surface area is 122 Å². The molecule has 1 aliphatic carbocycles. The zero-order valence-corrected chi connectivity index (χ0v) is 12.1. The van der Waals surface area contributed by atoms with Crippen molar-refractivity contribution in [2.45, 2.75) is 44.1 Å². The summed E-state index contributed by atoms with van der Waals surface area (Å²) in [6.45, 7) is 0. The number of nitrogens with zero attached hydrogens (tertiary/aromatic N) is 1. The van der Waals surface area contributed by atoms with Gasteiger partial charge in [-0.3, -0.25) is 0 Å². The highest BCUT2D eigenvalue weighted by molar-refractivity contribution is 7.11. The molecule has 0 radical (unpaired) electrons. The molecule has 3 rings (SSSR count). The predicted octanol–water partition coefficient (Wildman–Crippen LogP) is 3.89. The van der Waals surface area contributed by atoms with Crippen LogP contribution in [0.15, 0.2) is 24.3 Å². The second-order valence-corrected chi connectivity index (χ2v) is 6.23. The Morgan fingerprint density at radius 1 is 1.20 bits per heavy atom. The van der Waals surface area contributed by atoms with Crippen molar-refractivity contribution in [3.8, 4) is 0 Å². The summed E-state index contributed by atoms with van der Waals surface area (Å²) in [6.07, 6.45) is 5.56. The fraction of sp³-hybridized carbons (Fsp3) is 0.467. The molecule has 1 aliphatic rings. The van der Waals surface area contributed by atoms with Crippen molar-refractivity contribution in [2.75, 3.05) is 5.32 Å². The van der Waals surface area contributed by atoms with Crippen LogP contribution in [-0.4, -0.2) is 21.0 Å². The van der Waals surface area contributed by atoms with E-state index >= 15 is 0 Å². The van der Waals surface area contributed by atoms with Crippen LogP contribution in [0.1, 0.15) is 38.5 Å². The largest absolute Gasteiger partial charge is 0.480 e. The summed E-state index contributed by atoms with van der Waals surface area (Å²) in [5, 5.41) is 14.9. The van der Waals surface area contributed by atoms with Crippen LogP contribution >= 0.6 is 11.5 Å². The van der Waals surface area contributed by atoms with Gasteiger partial charge in [0.05, 0.1) is 5.52 Å². The van der Waals surface area contributed by atoms with Gasteiger partial charge in [0.15, 0.2) is 0 Å². The standard InChI is InChI=1S/C15H18N2O2S/c18-14(19)15(9-5-1-2-6-10-15)16-13-11-7-3-4-8-12(11)17-20-13/h3-4,7-8,16H,1-2,5-6,9-10H2,(H,18,19). The molecule has 1 saturated carbocycles. The highest BCUT2D eigenvalue weighted by Gasteiger charge is 2.39. The minimum atomic E-state index is -0.828. The predicted molar refractivity (Wildman–Crippen MR) is 81.3 cm³/mol. The van der Waals surface area contributed by atoms with Crippen molar-refractivity contribution in [2.24, 2.45) is 0 Å². The van der Waals surface area contributed by atoms with Crippen LogP contribution in [0.25, 0.3) is 10.9 Å². The van der Waals surface area contributed by atoms with Crippen molar-refractivity contribution in [3.05, 3.63) is 24.3 Å². The number of anilines is 1. The van der Waals surface area contributed by atoms with Gasteiger partial charge in [0, 0.05) is 5.39 Å². The minimum Gasteiger partial charge on any atom is -0.480 e. The lowest BCUT2D eigenvalue weighted by molar-refractivity contribution is -0.142. The molecule has 0 bridgehead atoms. The molecule has 0 atom stereocenters. The highest BCUT2D eigenvalue weighted by Crippen LogP contribution is 2.35. The van der Waals surface area contributed by atoms with E-state index in [0.29, 0.717) is 12.8 Å². The van der Waals surface area contributed by atoms with Crippen molar-refractivity contribution in [1.29, 1.82) is 0 Å². The summed E-state index contributed by atoms with van der Waals surface area (Å²) in [6, 6.07) is 7.86. The molecule has 0 amide bonds. The van der Waals surface area contributed by atoms with Crippen LogP contribution < -0.4 is 5.32 Å². The van der Waals surface area contributed by atoms with E-state index in [-0.39, 0.29) is 0 Å². The first-order chi connectivity index (χ1) is 9.71. The fourth-order valence-electron chi connectivity index (χ4n) is 2.92. The summed E-state index contributed by atoms with van der Waals surface area (Å²) in [4.78, 5) is 11.8. The van der Waals surface area contributed by atoms with Crippen LogP contribution in [0.5, 0.6) is 0 Å². The number of rotatable bonds is 3. The number of hydrogen-bond donors (Lipinski definition) is 2. The molecule has 2 N–H and O–H groups in total. The van der Waals surface area contributed by atoms with Gasteiger partial charge in [-0.25, -0.2) is 4.79 Å². The zero-order chi connectivity index (χ0) is 14.0. The molecule has 0 unspecified atom stereocenters. The van der Waals surface area contributed by atoms with Crippen LogP contribution in [0.3, 0.4) is 0 Å². The van der Waals surface area contributed by atoms with E-state index in [2.05, 4.69) is 9.69 Å². The van der Waals surface area contributed by atoms with Crippen molar-refractivity contribution in [1.82, 2.24) is 4.37 Å². The van der Waals surface area contributed by atoms with E-state index in [1.807, 2.05) is 24.3 Å². The van der Waals surface area contributed by atoms with E-state index in [1.165, 1.54) is 11.5 Å². The van der Waals surface area contributed by atoms with E-state index in [9.17, 15) is 9.90 Å². The van der Waals surface area contributed by atoms with Gasteiger partial charge in [0.2, 0.25) is 0 Å². The van der Waals surface area contributed by atoms with Gasteiger partial charge in [-0.15, -0.1) is 0 Å². The first-order valence-corrected chi connectivity index (χ1v) is 7.85. The van der Waals surface area contributed by atoms with Crippen LogP contribution in [0.4, 0.5) is 5.00 Å². The van der Waals surface area contributed by atoms with Crippen molar-refractivity contribution in [3.63, 3.8) is 0 Å². The molecule has 4 nitrogen and oxygen atoms in total. The maximum Gasteiger partial charge on any atom is 0.329 e. The van der Waals surface area contributed by atoms with Crippen molar-refractivity contribution >= 4 is 33.4 Å². The lowest BCUT2D eigenvalue weighted by Crippen LogP contribution is -2.45. The quantitative estimate of drug-likeness (QED) is 0.842. The molecule has 1 aromatic heterocycles. The maximum absolute atomic E-state index is 11.8. The van der Waals surface area contributed by atoms with Gasteiger partial charge >= 0.3 is 5.97 Å². The van der Waals surface area contributed by atoms with Crippen molar-refractivity contribution < 1.29 is 9.90 Å². The fourth-order valence-corrected chi connectivity index (χ4v) is 3.78. The number of carboxylic acid groups (broad SMARTS) is 1. The van der Waals surface area contributed by atoms with Gasteiger partial charge < -0.3 is 10.4 Å². The van der Waals surface area contributed by atoms with E-state index in [1.54, 1.807) is 0 Å². The van der Waals surface area contributed by atoms with Crippen LogP contribution in [-0.2, 0) is 4.79 Å². The smallest absolute Gasteiger partial charge is 0.329 e. The number of carbonyl (C=O) groups is 1. The Hall–Kier alpha value is -1.62. The van der Waals surface area contributed by atoms with E-state index in [4.69, 9.17) is 0 Å². The number of benzene rings is 1. The molecule has 1 aromatic carbocycles. The molecular formula is C15H18N2O2S. The summed E-state index contributed by atoms with van der Waals surface area (Å²) in [5.74, 6) is -0.739. The topological polar surface area (TPSA) is 62.2 Å².